The average molecular weight is 354 g/mol. The molecule has 0 amide bonds. The number of nitrogens with zero attached hydrogens (tertiary/aromatic N) is 2. The molecule has 5 heteroatoms. The molecule has 0 radical (unpaired) electrons. The largest absolute Gasteiger partial charge is 0.310 e. The van der Waals surface area contributed by atoms with Gasteiger partial charge in [-0.05, 0) is 53.4 Å². The molecular formula is C16H21BrFN3. The first-order valence-electron chi connectivity index (χ1n) is 7.26. The van der Waals surface area contributed by atoms with Gasteiger partial charge in [-0.2, -0.15) is 5.10 Å². The lowest BCUT2D eigenvalue weighted by Crippen LogP contribution is -2.23. The lowest BCUT2D eigenvalue weighted by Gasteiger charge is -2.20. The smallest absolute Gasteiger partial charge is 0.142 e. The first-order valence-corrected chi connectivity index (χ1v) is 8.06. The minimum atomic E-state index is -0.169. The van der Waals surface area contributed by atoms with Gasteiger partial charge in [-0.1, -0.05) is 19.1 Å². The number of halogens is 2. The van der Waals surface area contributed by atoms with Crippen molar-refractivity contribution in [2.24, 2.45) is 7.05 Å². The molecule has 1 aromatic heterocycles. The zero-order valence-electron chi connectivity index (χ0n) is 12.4. The van der Waals surface area contributed by atoms with Gasteiger partial charge in [-0.15, -0.1) is 0 Å². The van der Waals surface area contributed by atoms with Crippen molar-refractivity contribution in [2.75, 3.05) is 6.54 Å². The van der Waals surface area contributed by atoms with Crippen LogP contribution in [0.2, 0.25) is 0 Å². The maximum Gasteiger partial charge on any atom is 0.142 e. The second kappa shape index (κ2) is 7.71. The highest BCUT2D eigenvalue weighted by Crippen LogP contribution is 2.26. The monoisotopic (exact) mass is 353 g/mol. The van der Waals surface area contributed by atoms with E-state index < -0.39 is 0 Å². The van der Waals surface area contributed by atoms with Crippen LogP contribution < -0.4 is 5.32 Å². The van der Waals surface area contributed by atoms with Crippen molar-refractivity contribution in [1.82, 2.24) is 15.1 Å². The van der Waals surface area contributed by atoms with Crippen molar-refractivity contribution in [3.05, 3.63) is 52.0 Å². The van der Waals surface area contributed by atoms with Gasteiger partial charge in [0.15, 0.2) is 0 Å². The minimum absolute atomic E-state index is 0.0163. The van der Waals surface area contributed by atoms with Gasteiger partial charge >= 0.3 is 0 Å². The number of benzene rings is 1. The van der Waals surface area contributed by atoms with Crippen molar-refractivity contribution in [3.63, 3.8) is 0 Å². The first-order chi connectivity index (χ1) is 10.1. The molecule has 0 aliphatic carbocycles. The van der Waals surface area contributed by atoms with Crippen LogP contribution in [0.4, 0.5) is 4.39 Å². The molecule has 1 heterocycles. The van der Waals surface area contributed by atoms with Crippen molar-refractivity contribution in [1.29, 1.82) is 0 Å². The summed E-state index contributed by atoms with van der Waals surface area (Å²) in [7, 11) is 1.91. The number of hydrogen-bond donors (Lipinski definition) is 1. The van der Waals surface area contributed by atoms with E-state index in [1.165, 1.54) is 5.56 Å². The third kappa shape index (κ3) is 4.38. The van der Waals surface area contributed by atoms with Crippen LogP contribution in [-0.4, -0.2) is 16.3 Å². The summed E-state index contributed by atoms with van der Waals surface area (Å²) in [5.41, 5.74) is 1.90. The Bertz CT molecular complexity index is 583. The van der Waals surface area contributed by atoms with E-state index in [-0.39, 0.29) is 11.9 Å². The van der Waals surface area contributed by atoms with Crippen LogP contribution in [0.3, 0.4) is 0 Å². The lowest BCUT2D eigenvalue weighted by molar-refractivity contribution is 0.472. The van der Waals surface area contributed by atoms with Gasteiger partial charge in [-0.25, -0.2) is 4.39 Å². The highest BCUT2D eigenvalue weighted by atomic mass is 79.9. The Morgan fingerprint density at radius 3 is 2.90 bits per heavy atom. The molecule has 2 rings (SSSR count). The molecule has 0 saturated carbocycles. The van der Waals surface area contributed by atoms with Gasteiger partial charge in [-0.3, -0.25) is 4.68 Å². The minimum Gasteiger partial charge on any atom is -0.310 e. The van der Waals surface area contributed by atoms with E-state index in [0.29, 0.717) is 4.47 Å². The van der Waals surface area contributed by atoms with Crippen LogP contribution in [0, 0.1) is 5.82 Å². The van der Waals surface area contributed by atoms with Gasteiger partial charge in [0.1, 0.15) is 5.82 Å². The predicted octanol–water partition coefficient (Wildman–Crippen LogP) is 4.00. The Balaban J connectivity index is 2.11. The Morgan fingerprint density at radius 2 is 2.24 bits per heavy atom. The summed E-state index contributed by atoms with van der Waals surface area (Å²) in [6.07, 6.45) is 6.63. The van der Waals surface area contributed by atoms with Gasteiger partial charge < -0.3 is 5.32 Å². The summed E-state index contributed by atoms with van der Waals surface area (Å²) >= 11 is 3.27. The quantitative estimate of drug-likeness (QED) is 0.815. The molecule has 0 saturated heterocycles. The lowest BCUT2D eigenvalue weighted by atomic mass is 9.99. The van der Waals surface area contributed by atoms with Crippen molar-refractivity contribution in [2.45, 2.75) is 32.2 Å². The number of hydrogen-bond acceptors (Lipinski definition) is 2. The molecule has 0 fully saturated rings. The highest BCUT2D eigenvalue weighted by molar-refractivity contribution is 9.10. The summed E-state index contributed by atoms with van der Waals surface area (Å²) in [5.74, 6) is -0.169. The maximum absolute atomic E-state index is 14.3. The number of rotatable bonds is 7. The van der Waals surface area contributed by atoms with Crippen molar-refractivity contribution in [3.8, 4) is 0 Å². The van der Waals surface area contributed by atoms with E-state index in [1.807, 2.05) is 31.6 Å². The second-order valence-corrected chi connectivity index (χ2v) is 6.07. The van der Waals surface area contributed by atoms with Crippen molar-refractivity contribution < 1.29 is 4.39 Å². The molecule has 1 unspecified atom stereocenters. The van der Waals surface area contributed by atoms with E-state index in [0.717, 1.165) is 31.4 Å². The summed E-state index contributed by atoms with van der Waals surface area (Å²) in [5, 5.41) is 7.62. The van der Waals surface area contributed by atoms with Gasteiger partial charge in [0.25, 0.3) is 0 Å². The molecular weight excluding hydrogens is 333 g/mol. The standard InChI is InChI=1S/C16H21BrFN3/c1-3-9-19-15(8-7-12-10-20-21(2)11-12)13-5-4-6-14(17)16(13)18/h4-6,10-11,15,19H,3,7-9H2,1-2H3. The molecule has 0 aliphatic heterocycles. The molecule has 2 aromatic rings. The summed E-state index contributed by atoms with van der Waals surface area (Å²) < 4.78 is 16.6. The summed E-state index contributed by atoms with van der Waals surface area (Å²) in [4.78, 5) is 0. The normalized spacial score (nSPS) is 12.6. The van der Waals surface area contributed by atoms with E-state index in [2.05, 4.69) is 33.3 Å². The van der Waals surface area contributed by atoms with Crippen molar-refractivity contribution >= 4 is 15.9 Å². The van der Waals surface area contributed by atoms with E-state index in [4.69, 9.17) is 0 Å². The van der Waals surface area contributed by atoms with Crippen LogP contribution in [-0.2, 0) is 13.5 Å². The zero-order chi connectivity index (χ0) is 15.2. The third-order valence-electron chi connectivity index (χ3n) is 3.48. The zero-order valence-corrected chi connectivity index (χ0v) is 14.0. The van der Waals surface area contributed by atoms with E-state index in [9.17, 15) is 4.39 Å². The Hall–Kier alpha value is -1.20. The molecule has 0 spiro atoms. The average Bonchev–Trinajstić information content (AvgIpc) is 2.88. The van der Waals surface area contributed by atoms with E-state index in [1.54, 1.807) is 10.7 Å². The fourth-order valence-electron chi connectivity index (χ4n) is 2.39. The van der Waals surface area contributed by atoms with Gasteiger partial charge in [0.05, 0.1) is 10.7 Å². The summed E-state index contributed by atoms with van der Waals surface area (Å²) in [6.45, 7) is 2.99. The van der Waals surface area contributed by atoms with Gasteiger partial charge in [0.2, 0.25) is 0 Å². The number of aromatic nitrogens is 2. The molecule has 1 N–H and O–H groups in total. The topological polar surface area (TPSA) is 29.9 Å². The fraction of sp³-hybridized carbons (Fsp3) is 0.438. The maximum atomic E-state index is 14.3. The van der Waals surface area contributed by atoms with Crippen LogP contribution in [0.5, 0.6) is 0 Å². The first kappa shape index (κ1) is 16.2. The third-order valence-corrected chi connectivity index (χ3v) is 4.09. The Morgan fingerprint density at radius 1 is 1.43 bits per heavy atom. The molecule has 0 bridgehead atoms. The predicted molar refractivity (Wildman–Crippen MR) is 86.7 cm³/mol. The molecule has 1 aromatic carbocycles. The van der Waals surface area contributed by atoms with Crippen LogP contribution in [0.25, 0.3) is 0 Å². The highest BCUT2D eigenvalue weighted by Gasteiger charge is 2.17. The molecule has 0 aliphatic rings. The Kier molecular flexibility index (Phi) is 5.94. The van der Waals surface area contributed by atoms with Crippen LogP contribution in [0.1, 0.15) is 36.9 Å². The summed E-state index contributed by atoms with van der Waals surface area (Å²) in [6, 6.07) is 5.49. The number of nitrogens with one attached hydrogen (secondary N) is 1. The molecule has 114 valence electrons. The SMILES string of the molecule is CCCNC(CCc1cnn(C)c1)c1cccc(Br)c1F. The van der Waals surface area contributed by atoms with Crippen LogP contribution >= 0.6 is 15.9 Å². The Labute approximate surface area is 133 Å². The fourth-order valence-corrected chi connectivity index (χ4v) is 2.77. The van der Waals surface area contributed by atoms with E-state index >= 15 is 0 Å². The van der Waals surface area contributed by atoms with Gasteiger partial charge in [0, 0.05) is 24.8 Å². The molecule has 1 atom stereocenters. The van der Waals surface area contributed by atoms with Crippen LogP contribution in [0.15, 0.2) is 35.1 Å². The molecule has 3 nitrogen and oxygen atoms in total. The second-order valence-electron chi connectivity index (χ2n) is 5.21. The molecule has 21 heavy (non-hydrogen) atoms. The number of aryl methyl sites for hydroxylation is 2.